The van der Waals surface area contributed by atoms with Gasteiger partial charge in [-0.15, -0.1) is 6.58 Å². The first kappa shape index (κ1) is 23.4. The topological polar surface area (TPSA) is 82.8 Å². The molecule has 1 aromatic heterocycles. The van der Waals surface area contributed by atoms with Crippen molar-refractivity contribution in [2.75, 3.05) is 7.11 Å². The zero-order chi connectivity index (χ0) is 24.1. The summed E-state index contributed by atoms with van der Waals surface area (Å²) >= 11 is 0. The second-order valence-corrected chi connectivity index (χ2v) is 8.48. The van der Waals surface area contributed by atoms with Crippen molar-refractivity contribution < 1.29 is 14.3 Å². The maximum atomic E-state index is 13.4. The van der Waals surface area contributed by atoms with Gasteiger partial charge in [0, 0.05) is 18.4 Å². The first-order valence-corrected chi connectivity index (χ1v) is 11.6. The fourth-order valence-electron chi connectivity index (χ4n) is 4.48. The highest BCUT2D eigenvalue weighted by molar-refractivity contribution is 5.83. The fraction of sp³-hybridized carbons (Fsp3) is 0.333. The van der Waals surface area contributed by atoms with Crippen molar-refractivity contribution in [2.45, 2.75) is 51.4 Å². The van der Waals surface area contributed by atoms with Crippen molar-refractivity contribution in [2.24, 2.45) is 5.10 Å². The van der Waals surface area contributed by atoms with E-state index >= 15 is 0 Å². The van der Waals surface area contributed by atoms with Crippen LogP contribution in [0.15, 0.2) is 58.9 Å². The van der Waals surface area contributed by atoms with E-state index in [-0.39, 0.29) is 11.5 Å². The van der Waals surface area contributed by atoms with Gasteiger partial charge < -0.3 is 9.47 Å². The van der Waals surface area contributed by atoms with Gasteiger partial charge in [-0.05, 0) is 49.1 Å². The third-order valence-corrected chi connectivity index (χ3v) is 6.06. The summed E-state index contributed by atoms with van der Waals surface area (Å²) in [6, 6.07) is 11.0. The quantitative estimate of drug-likeness (QED) is 0.215. The molecule has 1 aliphatic carbocycles. The number of hydrogen-bond donors (Lipinski definition) is 0. The van der Waals surface area contributed by atoms with Crippen LogP contribution in [0.5, 0.6) is 11.5 Å². The third kappa shape index (κ3) is 4.93. The molecule has 176 valence electrons. The third-order valence-electron chi connectivity index (χ3n) is 6.06. The highest BCUT2D eigenvalue weighted by Crippen LogP contribution is 2.34. The Hall–Kier alpha value is -3.74. The standard InChI is InChI=1S/C27H29N3O4/c1-4-10-21-15-19(16-24(33-3)25(21)34-18(2)31)17-28-30-26(20-11-6-5-7-12-20)29-23-14-9-8-13-22(23)27(30)32/h4,8-9,13-17,20H,1,5-7,10-12H2,2-3H3. The average molecular weight is 460 g/mol. The number of carbonyl (C=O) groups excluding carboxylic acids is 1. The van der Waals surface area contributed by atoms with Crippen molar-refractivity contribution in [3.05, 3.63) is 76.4 Å². The number of carbonyl (C=O) groups is 1. The molecule has 1 saturated carbocycles. The van der Waals surface area contributed by atoms with Gasteiger partial charge in [0.2, 0.25) is 0 Å². The number of rotatable bonds is 7. The molecule has 3 aromatic rings. The van der Waals surface area contributed by atoms with E-state index in [1.165, 1.54) is 25.1 Å². The summed E-state index contributed by atoms with van der Waals surface area (Å²) in [5.74, 6) is 1.23. The van der Waals surface area contributed by atoms with Gasteiger partial charge in [0.1, 0.15) is 5.82 Å². The molecule has 1 fully saturated rings. The van der Waals surface area contributed by atoms with Crippen LogP contribution >= 0.6 is 0 Å². The van der Waals surface area contributed by atoms with Gasteiger partial charge in [-0.25, -0.2) is 4.98 Å². The molecule has 0 aliphatic heterocycles. The monoisotopic (exact) mass is 459 g/mol. The number of fused-ring (bicyclic) bond motifs is 1. The van der Waals surface area contributed by atoms with Crippen molar-refractivity contribution in [1.82, 2.24) is 9.66 Å². The van der Waals surface area contributed by atoms with Crippen LogP contribution < -0.4 is 15.0 Å². The van der Waals surface area contributed by atoms with Crippen LogP contribution in [0.3, 0.4) is 0 Å². The molecule has 0 spiro atoms. The highest BCUT2D eigenvalue weighted by atomic mass is 16.6. The summed E-state index contributed by atoms with van der Waals surface area (Å²) in [6.07, 6.45) is 9.26. The number of aromatic nitrogens is 2. The summed E-state index contributed by atoms with van der Waals surface area (Å²) in [4.78, 5) is 29.8. The van der Waals surface area contributed by atoms with Crippen LogP contribution in [-0.4, -0.2) is 29.0 Å². The van der Waals surface area contributed by atoms with Gasteiger partial charge >= 0.3 is 5.97 Å². The zero-order valence-electron chi connectivity index (χ0n) is 19.6. The Morgan fingerprint density at radius 2 is 2.00 bits per heavy atom. The first-order chi connectivity index (χ1) is 16.5. The van der Waals surface area contributed by atoms with E-state index in [0.29, 0.717) is 40.2 Å². The van der Waals surface area contributed by atoms with Gasteiger partial charge in [0.05, 0.1) is 24.2 Å². The number of esters is 1. The molecule has 34 heavy (non-hydrogen) atoms. The average Bonchev–Trinajstić information content (AvgIpc) is 2.85. The van der Waals surface area contributed by atoms with Gasteiger partial charge in [-0.3, -0.25) is 9.59 Å². The number of benzene rings is 2. The van der Waals surface area contributed by atoms with Crippen molar-refractivity contribution >= 4 is 23.1 Å². The normalized spacial score (nSPS) is 14.4. The van der Waals surface area contributed by atoms with E-state index in [2.05, 4.69) is 11.7 Å². The Kier molecular flexibility index (Phi) is 7.21. The van der Waals surface area contributed by atoms with Crippen LogP contribution in [0.4, 0.5) is 0 Å². The summed E-state index contributed by atoms with van der Waals surface area (Å²) in [7, 11) is 1.51. The lowest BCUT2D eigenvalue weighted by Crippen LogP contribution is -2.25. The molecule has 0 bridgehead atoms. The maximum absolute atomic E-state index is 13.4. The summed E-state index contributed by atoms with van der Waals surface area (Å²) in [5.41, 5.74) is 1.96. The van der Waals surface area contributed by atoms with Gasteiger partial charge in [-0.2, -0.15) is 9.78 Å². The lowest BCUT2D eigenvalue weighted by atomic mass is 9.88. The minimum absolute atomic E-state index is 0.183. The minimum Gasteiger partial charge on any atom is -0.493 e. The number of para-hydroxylation sites is 1. The minimum atomic E-state index is -0.434. The summed E-state index contributed by atoms with van der Waals surface area (Å²) in [6.45, 7) is 5.14. The smallest absolute Gasteiger partial charge is 0.308 e. The summed E-state index contributed by atoms with van der Waals surface area (Å²) < 4.78 is 12.3. The van der Waals surface area contributed by atoms with Gasteiger partial charge in [-0.1, -0.05) is 37.5 Å². The largest absolute Gasteiger partial charge is 0.493 e. The highest BCUT2D eigenvalue weighted by Gasteiger charge is 2.22. The number of methoxy groups -OCH3 is 1. The van der Waals surface area contributed by atoms with Crippen LogP contribution in [0, 0.1) is 0 Å². The molecule has 1 aliphatic rings. The van der Waals surface area contributed by atoms with Crippen LogP contribution in [-0.2, 0) is 11.2 Å². The Labute approximate surface area is 198 Å². The molecule has 0 N–H and O–H groups in total. The van der Waals surface area contributed by atoms with Crippen molar-refractivity contribution in [1.29, 1.82) is 0 Å². The molecule has 4 rings (SSSR count). The summed E-state index contributed by atoms with van der Waals surface area (Å²) in [5, 5.41) is 5.13. The number of nitrogens with zero attached hydrogens (tertiary/aromatic N) is 3. The molecule has 0 unspecified atom stereocenters. The molecule has 0 radical (unpaired) electrons. The van der Waals surface area contributed by atoms with E-state index in [0.717, 1.165) is 31.2 Å². The second kappa shape index (κ2) is 10.5. The van der Waals surface area contributed by atoms with Crippen molar-refractivity contribution in [3.63, 3.8) is 0 Å². The predicted octanol–water partition coefficient (Wildman–Crippen LogP) is 4.99. The molecular formula is C27H29N3O4. The molecule has 0 amide bonds. The zero-order valence-corrected chi connectivity index (χ0v) is 19.6. The molecule has 2 aromatic carbocycles. The number of allylic oxidation sites excluding steroid dienone is 1. The Morgan fingerprint density at radius 1 is 1.24 bits per heavy atom. The second-order valence-electron chi connectivity index (χ2n) is 8.48. The Bertz CT molecular complexity index is 1300. The van der Waals surface area contributed by atoms with Crippen LogP contribution in [0.1, 0.15) is 61.9 Å². The lowest BCUT2D eigenvalue weighted by molar-refractivity contribution is -0.132. The van der Waals surface area contributed by atoms with Crippen molar-refractivity contribution in [3.8, 4) is 11.5 Å². The van der Waals surface area contributed by atoms with Crippen LogP contribution in [0.25, 0.3) is 10.9 Å². The molecule has 1 heterocycles. The molecular weight excluding hydrogens is 430 g/mol. The number of hydrogen-bond acceptors (Lipinski definition) is 6. The van der Waals surface area contributed by atoms with E-state index in [4.69, 9.17) is 14.5 Å². The van der Waals surface area contributed by atoms with E-state index in [1.54, 1.807) is 24.4 Å². The maximum Gasteiger partial charge on any atom is 0.308 e. The molecule has 7 heteroatoms. The van der Waals surface area contributed by atoms with E-state index < -0.39 is 5.97 Å². The van der Waals surface area contributed by atoms with Gasteiger partial charge in [0.15, 0.2) is 11.5 Å². The molecule has 0 atom stereocenters. The van der Waals surface area contributed by atoms with Gasteiger partial charge in [0.25, 0.3) is 5.56 Å². The van der Waals surface area contributed by atoms with E-state index in [9.17, 15) is 9.59 Å². The number of ether oxygens (including phenoxy) is 2. The Morgan fingerprint density at radius 3 is 2.71 bits per heavy atom. The molecule has 0 saturated heterocycles. The molecule has 7 nitrogen and oxygen atoms in total. The predicted molar refractivity (Wildman–Crippen MR) is 133 cm³/mol. The fourth-order valence-corrected chi connectivity index (χ4v) is 4.48. The van der Waals surface area contributed by atoms with E-state index in [1.807, 2.05) is 24.3 Å². The lowest BCUT2D eigenvalue weighted by Gasteiger charge is -2.22. The SMILES string of the molecule is C=CCc1cc(C=Nn2c(C3CCCCC3)nc3ccccc3c2=O)cc(OC)c1OC(C)=O. The first-order valence-electron chi connectivity index (χ1n) is 11.6. The van der Waals surface area contributed by atoms with Crippen LogP contribution in [0.2, 0.25) is 0 Å². The Balaban J connectivity index is 1.82.